The highest BCUT2D eigenvalue weighted by Crippen LogP contribution is 2.37. The Morgan fingerprint density at radius 3 is 2.70 bits per heavy atom. The van der Waals surface area contributed by atoms with Crippen LogP contribution in [0.1, 0.15) is 5.56 Å². The maximum Gasteiger partial charge on any atom is 0.171 e. The number of aromatic nitrogens is 1. The number of para-hydroxylation sites is 2. The van der Waals surface area contributed by atoms with Crippen LogP contribution >= 0.6 is 0 Å². The molecule has 5 heteroatoms. The molecule has 1 N–H and O–H groups in total. The summed E-state index contributed by atoms with van der Waals surface area (Å²) in [5.74, 6) is -0.175. The first-order valence-electron chi connectivity index (χ1n) is 6.54. The van der Waals surface area contributed by atoms with Gasteiger partial charge in [0.05, 0.1) is 18.0 Å². The van der Waals surface area contributed by atoms with E-state index in [0.717, 1.165) is 17.9 Å². The monoisotopic (exact) mass is 273 g/mol. The van der Waals surface area contributed by atoms with E-state index in [1.165, 1.54) is 12.3 Å². The number of aliphatic hydroxyl groups excluding tert-OH is 1. The number of anilines is 3. The lowest BCUT2D eigenvalue weighted by Crippen LogP contribution is -2.37. The highest BCUT2D eigenvalue weighted by molar-refractivity contribution is 5.78. The molecule has 1 aliphatic rings. The minimum absolute atomic E-state index is 0.270. The Morgan fingerprint density at radius 1 is 1.20 bits per heavy atom. The first-order valence-corrected chi connectivity index (χ1v) is 6.54. The average molecular weight is 273 g/mol. The van der Waals surface area contributed by atoms with Gasteiger partial charge in [0.2, 0.25) is 0 Å². The van der Waals surface area contributed by atoms with Gasteiger partial charge in [-0.15, -0.1) is 0 Å². The van der Waals surface area contributed by atoms with E-state index in [1.807, 2.05) is 36.2 Å². The van der Waals surface area contributed by atoms with E-state index in [1.54, 1.807) is 0 Å². The first-order chi connectivity index (χ1) is 9.72. The molecule has 3 rings (SSSR count). The summed E-state index contributed by atoms with van der Waals surface area (Å²) < 4.78 is 14.4. The van der Waals surface area contributed by atoms with E-state index < -0.39 is 5.82 Å². The van der Waals surface area contributed by atoms with Gasteiger partial charge in [-0.1, -0.05) is 12.1 Å². The van der Waals surface area contributed by atoms with E-state index in [0.29, 0.717) is 6.54 Å². The van der Waals surface area contributed by atoms with Crippen LogP contribution in [-0.2, 0) is 6.61 Å². The molecule has 0 aliphatic carbocycles. The predicted octanol–water partition coefficient (Wildman–Crippen LogP) is 2.30. The van der Waals surface area contributed by atoms with E-state index in [4.69, 9.17) is 0 Å². The second-order valence-electron chi connectivity index (χ2n) is 4.83. The molecule has 104 valence electrons. The van der Waals surface area contributed by atoms with Crippen LogP contribution in [0.25, 0.3) is 0 Å². The van der Waals surface area contributed by atoms with Gasteiger partial charge in [0.1, 0.15) is 0 Å². The summed E-state index contributed by atoms with van der Waals surface area (Å²) in [5, 5.41) is 9.18. The number of pyridine rings is 1. The standard InChI is InChI=1S/C15H16FN3O/c1-18-8-9-19(13-5-3-2-4-12(13)18)15-14(16)11(10-20)6-7-17-15/h2-7,20H,8-10H2,1H3. The summed E-state index contributed by atoms with van der Waals surface area (Å²) in [6.45, 7) is 1.13. The predicted molar refractivity (Wildman–Crippen MR) is 76.8 cm³/mol. The zero-order chi connectivity index (χ0) is 14.1. The third-order valence-electron chi connectivity index (χ3n) is 3.62. The van der Waals surface area contributed by atoms with Crippen LogP contribution in [0, 0.1) is 5.82 Å². The maximum absolute atomic E-state index is 14.4. The molecule has 4 nitrogen and oxygen atoms in total. The summed E-state index contributed by atoms with van der Waals surface area (Å²) in [6.07, 6.45) is 1.53. The molecule has 0 saturated heterocycles. The first kappa shape index (κ1) is 12.9. The highest BCUT2D eigenvalue weighted by atomic mass is 19.1. The molecule has 0 unspecified atom stereocenters. The molecule has 0 bridgehead atoms. The van der Waals surface area contributed by atoms with Gasteiger partial charge in [-0.2, -0.15) is 0 Å². The molecule has 0 atom stereocenters. The number of likely N-dealkylation sites (N-methyl/N-ethyl adjacent to an activating group) is 1. The third kappa shape index (κ3) is 2.00. The second-order valence-corrected chi connectivity index (χ2v) is 4.83. The fraction of sp³-hybridized carbons (Fsp3) is 0.267. The topological polar surface area (TPSA) is 39.6 Å². The van der Waals surface area contributed by atoms with Gasteiger partial charge in [0, 0.05) is 31.9 Å². The smallest absolute Gasteiger partial charge is 0.171 e. The minimum atomic E-state index is -0.450. The van der Waals surface area contributed by atoms with Crippen molar-refractivity contribution in [3.05, 3.63) is 47.9 Å². The van der Waals surface area contributed by atoms with Crippen LogP contribution in [0.2, 0.25) is 0 Å². The fourth-order valence-electron chi connectivity index (χ4n) is 2.51. The van der Waals surface area contributed by atoms with Crippen molar-refractivity contribution in [1.29, 1.82) is 0 Å². The van der Waals surface area contributed by atoms with E-state index in [9.17, 15) is 9.50 Å². The number of aliphatic hydroxyl groups is 1. The Balaban J connectivity index is 2.10. The quantitative estimate of drug-likeness (QED) is 0.911. The molecule has 0 spiro atoms. The molecule has 0 radical (unpaired) electrons. The van der Waals surface area contributed by atoms with Crippen molar-refractivity contribution in [2.24, 2.45) is 0 Å². The van der Waals surface area contributed by atoms with Gasteiger partial charge in [-0.05, 0) is 18.2 Å². The van der Waals surface area contributed by atoms with Gasteiger partial charge < -0.3 is 14.9 Å². The molecule has 2 heterocycles. The minimum Gasteiger partial charge on any atom is -0.392 e. The van der Waals surface area contributed by atoms with E-state index in [-0.39, 0.29) is 18.0 Å². The summed E-state index contributed by atoms with van der Waals surface area (Å²) in [7, 11) is 2.02. The number of halogens is 1. The van der Waals surface area contributed by atoms with Crippen molar-refractivity contribution < 1.29 is 9.50 Å². The molecule has 0 saturated carbocycles. The van der Waals surface area contributed by atoms with Gasteiger partial charge in [-0.3, -0.25) is 0 Å². The van der Waals surface area contributed by atoms with Crippen LogP contribution in [0.3, 0.4) is 0 Å². The van der Waals surface area contributed by atoms with Crippen LogP contribution in [0.5, 0.6) is 0 Å². The number of benzene rings is 1. The van der Waals surface area contributed by atoms with Crippen molar-refractivity contribution in [1.82, 2.24) is 4.98 Å². The number of hydrogen-bond donors (Lipinski definition) is 1. The SMILES string of the molecule is CN1CCN(c2nccc(CO)c2F)c2ccccc21. The molecule has 0 amide bonds. The number of nitrogens with zero attached hydrogens (tertiary/aromatic N) is 3. The lowest BCUT2D eigenvalue weighted by atomic mass is 10.1. The molecule has 20 heavy (non-hydrogen) atoms. The second kappa shape index (κ2) is 5.09. The molecule has 1 aromatic heterocycles. The van der Waals surface area contributed by atoms with Gasteiger partial charge in [0.15, 0.2) is 11.6 Å². The van der Waals surface area contributed by atoms with Crippen LogP contribution in [0.4, 0.5) is 21.6 Å². The normalized spacial score (nSPS) is 14.3. The Hall–Kier alpha value is -2.14. The molecule has 2 aromatic rings. The highest BCUT2D eigenvalue weighted by Gasteiger charge is 2.24. The van der Waals surface area contributed by atoms with Crippen molar-refractivity contribution in [3.63, 3.8) is 0 Å². The number of fused-ring (bicyclic) bond motifs is 1. The molecular weight excluding hydrogens is 257 g/mol. The van der Waals surface area contributed by atoms with Gasteiger partial charge >= 0.3 is 0 Å². The van der Waals surface area contributed by atoms with Gasteiger partial charge in [-0.25, -0.2) is 9.37 Å². The lowest BCUT2D eigenvalue weighted by Gasteiger charge is -2.36. The number of hydrogen-bond acceptors (Lipinski definition) is 4. The van der Waals surface area contributed by atoms with E-state index >= 15 is 0 Å². The zero-order valence-electron chi connectivity index (χ0n) is 11.3. The summed E-state index contributed by atoms with van der Waals surface area (Å²) >= 11 is 0. The van der Waals surface area contributed by atoms with Crippen molar-refractivity contribution in [2.75, 3.05) is 29.9 Å². The Morgan fingerprint density at radius 2 is 1.95 bits per heavy atom. The van der Waals surface area contributed by atoms with E-state index in [2.05, 4.69) is 9.88 Å². The largest absolute Gasteiger partial charge is 0.392 e. The Kier molecular flexibility index (Phi) is 3.28. The van der Waals surface area contributed by atoms with Crippen LogP contribution in [-0.4, -0.2) is 30.2 Å². The maximum atomic E-state index is 14.4. The third-order valence-corrected chi connectivity index (χ3v) is 3.62. The summed E-state index contributed by atoms with van der Waals surface area (Å²) in [6, 6.07) is 9.36. The fourth-order valence-corrected chi connectivity index (χ4v) is 2.51. The zero-order valence-corrected chi connectivity index (χ0v) is 11.3. The van der Waals surface area contributed by atoms with Crippen LogP contribution in [0.15, 0.2) is 36.5 Å². The lowest BCUT2D eigenvalue weighted by molar-refractivity contribution is 0.275. The molecule has 1 aromatic carbocycles. The van der Waals surface area contributed by atoms with Crippen LogP contribution < -0.4 is 9.80 Å². The summed E-state index contributed by atoms with van der Waals surface area (Å²) in [5.41, 5.74) is 2.25. The van der Waals surface area contributed by atoms with Crippen molar-refractivity contribution in [3.8, 4) is 0 Å². The van der Waals surface area contributed by atoms with Gasteiger partial charge in [0.25, 0.3) is 0 Å². The molecular formula is C15H16FN3O. The Labute approximate surface area is 117 Å². The average Bonchev–Trinajstić information content (AvgIpc) is 2.49. The van der Waals surface area contributed by atoms with Crippen molar-refractivity contribution in [2.45, 2.75) is 6.61 Å². The number of rotatable bonds is 2. The molecule has 1 aliphatic heterocycles. The van der Waals surface area contributed by atoms with Crippen molar-refractivity contribution >= 4 is 17.2 Å². The Bertz CT molecular complexity index is 632. The summed E-state index contributed by atoms with van der Waals surface area (Å²) in [4.78, 5) is 8.16. The molecule has 0 fully saturated rings.